The zero-order valence-corrected chi connectivity index (χ0v) is 14.4. The third-order valence-corrected chi connectivity index (χ3v) is 7.70. The molecule has 2 amide bonds. The van der Waals surface area contributed by atoms with Crippen LogP contribution in [0.3, 0.4) is 0 Å². The van der Waals surface area contributed by atoms with Gasteiger partial charge in [0.05, 0.1) is 29.8 Å². The summed E-state index contributed by atoms with van der Waals surface area (Å²) in [5.41, 5.74) is 0. The Hall–Kier alpha value is -1.36. The quantitative estimate of drug-likeness (QED) is 0.639. The minimum atomic E-state index is -3.94. The molecule has 1 atom stereocenters. The highest BCUT2D eigenvalue weighted by Gasteiger charge is 2.37. The van der Waals surface area contributed by atoms with Gasteiger partial charge in [0.15, 0.2) is 0 Å². The van der Waals surface area contributed by atoms with Crippen molar-refractivity contribution in [2.45, 2.75) is 24.5 Å². The molecule has 0 aromatic heterocycles. The van der Waals surface area contributed by atoms with Gasteiger partial charge in [-0.2, -0.15) is 0 Å². The van der Waals surface area contributed by atoms with Gasteiger partial charge < -0.3 is 9.64 Å². The van der Waals surface area contributed by atoms with E-state index in [-0.39, 0.29) is 37.4 Å². The summed E-state index contributed by atoms with van der Waals surface area (Å²) in [6.07, 6.45) is 0.382. The number of amides is 2. The summed E-state index contributed by atoms with van der Waals surface area (Å²) in [6, 6.07) is -0.787. The molecule has 11 heteroatoms. The maximum Gasteiger partial charge on any atom is 0.331 e. The number of carbonyl (C=O) groups excluding carboxylic acids is 2. The molecule has 2 aliphatic rings. The number of ether oxygens (including phenoxy) is 1. The number of likely N-dealkylation sites (tertiary alicyclic amines) is 1. The Balaban J connectivity index is 1.93. The lowest BCUT2D eigenvalue weighted by Gasteiger charge is -2.24. The smallest absolute Gasteiger partial charge is 0.331 e. The van der Waals surface area contributed by atoms with E-state index in [0.29, 0.717) is 6.42 Å². The lowest BCUT2D eigenvalue weighted by Crippen LogP contribution is -2.47. The van der Waals surface area contributed by atoms with Gasteiger partial charge in [0.25, 0.3) is 0 Å². The molecule has 0 aromatic carbocycles. The number of hydrogen-bond donors (Lipinski definition) is 1. The van der Waals surface area contributed by atoms with Gasteiger partial charge in [-0.25, -0.2) is 26.4 Å². The first-order valence-electron chi connectivity index (χ1n) is 7.23. The van der Waals surface area contributed by atoms with E-state index in [1.807, 2.05) is 4.72 Å². The third-order valence-electron chi connectivity index (χ3n) is 4.18. The summed E-state index contributed by atoms with van der Waals surface area (Å²) in [7, 11) is -5.86. The van der Waals surface area contributed by atoms with Crippen molar-refractivity contribution in [3.05, 3.63) is 0 Å². The molecular formula is C12H20N2O7S2. The molecular weight excluding hydrogens is 348 g/mol. The molecule has 1 unspecified atom stereocenters. The monoisotopic (exact) mass is 368 g/mol. The fourth-order valence-corrected chi connectivity index (χ4v) is 5.94. The van der Waals surface area contributed by atoms with Gasteiger partial charge in [-0.1, -0.05) is 0 Å². The molecule has 1 N–H and O–H groups in total. The first-order chi connectivity index (χ1) is 10.6. The van der Waals surface area contributed by atoms with Gasteiger partial charge in [-0.05, 0) is 19.3 Å². The molecule has 2 heterocycles. The molecule has 23 heavy (non-hydrogen) atoms. The average molecular weight is 368 g/mol. The lowest BCUT2D eigenvalue weighted by molar-refractivity contribution is -0.144. The number of sulfone groups is 1. The van der Waals surface area contributed by atoms with Crippen LogP contribution in [-0.4, -0.2) is 70.7 Å². The topological polar surface area (TPSA) is 127 Å². The molecule has 0 radical (unpaired) electrons. The highest BCUT2D eigenvalue weighted by Crippen LogP contribution is 2.20. The molecule has 132 valence electrons. The molecule has 0 aliphatic carbocycles. The summed E-state index contributed by atoms with van der Waals surface area (Å²) >= 11 is 0. The van der Waals surface area contributed by atoms with E-state index in [4.69, 9.17) is 0 Å². The SMILES string of the molecule is COC(=O)C1CCN(C(=O)NS(=O)(=O)C2CCS(=O)(=O)CC2)C1. The van der Waals surface area contributed by atoms with E-state index >= 15 is 0 Å². The molecule has 2 fully saturated rings. The maximum atomic E-state index is 12.2. The summed E-state index contributed by atoms with van der Waals surface area (Å²) in [6.45, 7) is 0.368. The fourth-order valence-electron chi connectivity index (χ4n) is 2.75. The highest BCUT2D eigenvalue weighted by molar-refractivity contribution is 7.92. The van der Waals surface area contributed by atoms with Crippen molar-refractivity contribution in [2.75, 3.05) is 31.7 Å². The van der Waals surface area contributed by atoms with E-state index in [9.17, 15) is 26.4 Å². The minimum Gasteiger partial charge on any atom is -0.469 e. The van der Waals surface area contributed by atoms with Crippen LogP contribution in [0.4, 0.5) is 4.79 Å². The molecule has 2 aliphatic heterocycles. The van der Waals surface area contributed by atoms with Crippen LogP contribution in [0.15, 0.2) is 0 Å². The number of nitrogens with zero attached hydrogens (tertiary/aromatic N) is 1. The van der Waals surface area contributed by atoms with Crippen LogP contribution in [0.25, 0.3) is 0 Å². The first kappa shape index (κ1) is 18.0. The average Bonchev–Trinajstić information content (AvgIpc) is 2.95. The maximum absolute atomic E-state index is 12.2. The number of sulfonamides is 1. The third kappa shape index (κ3) is 4.34. The standard InChI is InChI=1S/C12H20N2O7S2/c1-21-11(15)9-2-5-14(8-9)12(16)13-23(19,20)10-3-6-22(17,18)7-4-10/h9-10H,2-8H2,1H3,(H,13,16). The Morgan fingerprint density at radius 2 is 1.78 bits per heavy atom. The van der Waals surface area contributed by atoms with Gasteiger partial charge in [0.2, 0.25) is 10.0 Å². The van der Waals surface area contributed by atoms with E-state index in [0.717, 1.165) is 0 Å². The van der Waals surface area contributed by atoms with Crippen molar-refractivity contribution in [3.8, 4) is 0 Å². The van der Waals surface area contributed by atoms with Crippen LogP contribution in [0.2, 0.25) is 0 Å². The summed E-state index contributed by atoms with van der Waals surface area (Å²) in [4.78, 5) is 24.7. The second kappa shape index (κ2) is 6.63. The van der Waals surface area contributed by atoms with Gasteiger partial charge in [-0.15, -0.1) is 0 Å². The molecule has 0 aromatic rings. The summed E-state index contributed by atoms with van der Waals surface area (Å²) in [5.74, 6) is -1.27. The van der Waals surface area contributed by atoms with E-state index in [1.54, 1.807) is 0 Å². The summed E-state index contributed by atoms with van der Waals surface area (Å²) in [5, 5.41) is -0.894. The second-order valence-electron chi connectivity index (χ2n) is 5.76. The predicted octanol–water partition coefficient (Wildman–Crippen LogP) is -0.902. The van der Waals surface area contributed by atoms with Crippen molar-refractivity contribution in [3.63, 3.8) is 0 Å². The molecule has 2 rings (SSSR count). The Labute approximate surface area is 135 Å². The van der Waals surface area contributed by atoms with Gasteiger partial charge in [-0.3, -0.25) is 4.79 Å². The van der Waals surface area contributed by atoms with Crippen molar-refractivity contribution >= 4 is 31.9 Å². The van der Waals surface area contributed by atoms with Crippen LogP contribution < -0.4 is 4.72 Å². The van der Waals surface area contributed by atoms with Crippen LogP contribution in [0, 0.1) is 5.92 Å². The number of methoxy groups -OCH3 is 1. The van der Waals surface area contributed by atoms with E-state index in [2.05, 4.69) is 4.74 Å². The van der Waals surface area contributed by atoms with Crippen molar-refractivity contribution in [1.29, 1.82) is 0 Å². The first-order valence-corrected chi connectivity index (χ1v) is 10.6. The number of esters is 1. The van der Waals surface area contributed by atoms with Crippen LogP contribution in [0.1, 0.15) is 19.3 Å². The van der Waals surface area contributed by atoms with Crippen molar-refractivity contribution in [1.82, 2.24) is 9.62 Å². The van der Waals surface area contributed by atoms with Crippen LogP contribution in [-0.2, 0) is 29.4 Å². The largest absolute Gasteiger partial charge is 0.469 e. The number of nitrogens with one attached hydrogen (secondary N) is 1. The second-order valence-corrected chi connectivity index (χ2v) is 10.0. The Bertz CT molecular complexity index is 672. The molecule has 0 spiro atoms. The Kier molecular flexibility index (Phi) is 5.19. The van der Waals surface area contributed by atoms with Crippen LogP contribution >= 0.6 is 0 Å². The number of carbonyl (C=O) groups is 2. The lowest BCUT2D eigenvalue weighted by atomic mass is 10.1. The zero-order chi connectivity index (χ0) is 17.3. The Morgan fingerprint density at radius 1 is 1.17 bits per heavy atom. The number of rotatable bonds is 3. The van der Waals surface area contributed by atoms with Gasteiger partial charge in [0, 0.05) is 13.1 Å². The molecule has 0 saturated carbocycles. The molecule has 0 bridgehead atoms. The van der Waals surface area contributed by atoms with Crippen molar-refractivity contribution in [2.24, 2.45) is 5.92 Å². The zero-order valence-electron chi connectivity index (χ0n) is 12.7. The normalized spacial score (nSPS) is 25.1. The minimum absolute atomic E-state index is 0.0181. The number of hydrogen-bond acceptors (Lipinski definition) is 7. The van der Waals surface area contributed by atoms with E-state index < -0.39 is 43.0 Å². The summed E-state index contributed by atoms with van der Waals surface area (Å²) < 4.78 is 53.7. The predicted molar refractivity (Wildman–Crippen MR) is 80.8 cm³/mol. The van der Waals surface area contributed by atoms with Gasteiger partial charge >= 0.3 is 12.0 Å². The molecule has 9 nitrogen and oxygen atoms in total. The highest BCUT2D eigenvalue weighted by atomic mass is 32.2. The van der Waals surface area contributed by atoms with Crippen molar-refractivity contribution < 1.29 is 31.2 Å². The Morgan fingerprint density at radius 3 is 2.35 bits per heavy atom. The van der Waals surface area contributed by atoms with E-state index in [1.165, 1.54) is 12.0 Å². The van der Waals surface area contributed by atoms with Crippen LogP contribution in [0.5, 0.6) is 0 Å². The fraction of sp³-hybridized carbons (Fsp3) is 0.833. The van der Waals surface area contributed by atoms with Gasteiger partial charge in [0.1, 0.15) is 9.84 Å². The molecule has 2 saturated heterocycles. The number of urea groups is 1.